The van der Waals surface area contributed by atoms with Gasteiger partial charge in [-0.15, -0.1) is 0 Å². The van der Waals surface area contributed by atoms with Crippen molar-refractivity contribution in [3.05, 3.63) is 64.7 Å². The molecule has 0 radical (unpaired) electrons. The van der Waals surface area contributed by atoms with Gasteiger partial charge in [0.2, 0.25) is 0 Å². The first kappa shape index (κ1) is 14.4. The summed E-state index contributed by atoms with van der Waals surface area (Å²) < 4.78 is 7.34. The lowest BCUT2D eigenvalue weighted by Crippen LogP contribution is -2.01. The minimum Gasteiger partial charge on any atom is -0.486 e. The summed E-state index contributed by atoms with van der Waals surface area (Å²) in [5, 5.41) is 9.70. The van der Waals surface area contributed by atoms with Crippen LogP contribution in [0.1, 0.15) is 21.9 Å². The van der Waals surface area contributed by atoms with Gasteiger partial charge in [-0.05, 0) is 31.2 Å². The van der Waals surface area contributed by atoms with Crippen molar-refractivity contribution in [3.63, 3.8) is 0 Å². The molecule has 0 aliphatic heterocycles. The minimum atomic E-state index is -1.10. The Morgan fingerprint density at radius 1 is 1.32 bits per heavy atom. The highest BCUT2D eigenvalue weighted by atomic mass is 35.5. The Labute approximate surface area is 131 Å². The molecule has 0 saturated carbocycles. The molecule has 6 heteroatoms. The number of imidazole rings is 1. The van der Waals surface area contributed by atoms with E-state index in [1.165, 1.54) is 0 Å². The molecule has 0 fully saturated rings. The molecule has 2 aromatic heterocycles. The second-order valence-corrected chi connectivity index (χ2v) is 5.32. The maximum absolute atomic E-state index is 11.3. The SMILES string of the molecule is Cc1ccc(OCc2nc(C(=O)O)c3cc(Cl)ccn23)cc1. The maximum Gasteiger partial charge on any atom is 0.356 e. The number of ether oxygens (including phenoxy) is 1. The summed E-state index contributed by atoms with van der Waals surface area (Å²) in [6.45, 7) is 2.16. The van der Waals surface area contributed by atoms with Gasteiger partial charge in [0.15, 0.2) is 11.5 Å². The van der Waals surface area contributed by atoms with Crippen molar-refractivity contribution in [2.24, 2.45) is 0 Å². The summed E-state index contributed by atoms with van der Waals surface area (Å²) in [7, 11) is 0. The third-order valence-corrected chi connectivity index (χ3v) is 3.51. The maximum atomic E-state index is 11.3. The average Bonchev–Trinajstić information content (AvgIpc) is 2.85. The van der Waals surface area contributed by atoms with E-state index >= 15 is 0 Å². The molecule has 0 aliphatic rings. The van der Waals surface area contributed by atoms with Crippen LogP contribution in [0.15, 0.2) is 42.6 Å². The molecule has 1 aromatic carbocycles. The number of carboxylic acid groups (broad SMARTS) is 1. The number of hydrogen-bond donors (Lipinski definition) is 1. The number of halogens is 1. The number of carbonyl (C=O) groups is 1. The van der Waals surface area contributed by atoms with Crippen molar-refractivity contribution >= 4 is 23.1 Å². The van der Waals surface area contributed by atoms with Gasteiger partial charge in [-0.25, -0.2) is 9.78 Å². The third-order valence-electron chi connectivity index (χ3n) is 3.27. The van der Waals surface area contributed by atoms with Gasteiger partial charge in [0.1, 0.15) is 12.4 Å². The molecule has 5 nitrogen and oxygen atoms in total. The molecule has 0 amide bonds. The second-order valence-electron chi connectivity index (χ2n) is 4.88. The van der Waals surface area contributed by atoms with Crippen molar-refractivity contribution in [2.75, 3.05) is 0 Å². The molecule has 112 valence electrons. The molecule has 0 aliphatic carbocycles. The number of fused-ring (bicyclic) bond motifs is 1. The average molecular weight is 317 g/mol. The number of aromatic nitrogens is 2. The molecular weight excluding hydrogens is 304 g/mol. The minimum absolute atomic E-state index is 0.0370. The third kappa shape index (κ3) is 2.76. The molecule has 0 spiro atoms. The quantitative estimate of drug-likeness (QED) is 0.799. The smallest absolute Gasteiger partial charge is 0.356 e. The summed E-state index contributed by atoms with van der Waals surface area (Å²) in [4.78, 5) is 15.4. The molecule has 0 unspecified atom stereocenters. The number of rotatable bonds is 4. The van der Waals surface area contributed by atoms with Crippen molar-refractivity contribution < 1.29 is 14.6 Å². The van der Waals surface area contributed by atoms with Gasteiger partial charge in [0.05, 0.1) is 5.52 Å². The normalized spacial score (nSPS) is 10.8. The van der Waals surface area contributed by atoms with Crippen molar-refractivity contribution in [2.45, 2.75) is 13.5 Å². The lowest BCUT2D eigenvalue weighted by molar-refractivity contribution is 0.0693. The highest BCUT2D eigenvalue weighted by Crippen LogP contribution is 2.20. The van der Waals surface area contributed by atoms with Crippen LogP contribution in [0, 0.1) is 6.92 Å². The number of carboxylic acids is 1. The predicted octanol–water partition coefficient (Wildman–Crippen LogP) is 3.57. The number of aryl methyl sites for hydroxylation is 1. The number of hydrogen-bond acceptors (Lipinski definition) is 3. The second kappa shape index (κ2) is 5.69. The van der Waals surface area contributed by atoms with Crippen LogP contribution in [-0.2, 0) is 6.61 Å². The number of benzene rings is 1. The van der Waals surface area contributed by atoms with Crippen molar-refractivity contribution in [1.29, 1.82) is 0 Å². The van der Waals surface area contributed by atoms with Crippen LogP contribution in [0.2, 0.25) is 5.02 Å². The van der Waals surface area contributed by atoms with E-state index in [1.807, 2.05) is 31.2 Å². The predicted molar refractivity (Wildman–Crippen MR) is 82.7 cm³/mol. The topological polar surface area (TPSA) is 63.8 Å². The lowest BCUT2D eigenvalue weighted by Gasteiger charge is -2.06. The van der Waals surface area contributed by atoms with E-state index in [0.717, 1.165) is 5.56 Å². The molecule has 3 rings (SSSR count). The standard InChI is InChI=1S/C16H13ClN2O3/c1-10-2-4-12(5-3-10)22-9-14-18-15(16(20)21)13-8-11(17)6-7-19(13)14/h2-8H,9H2,1H3,(H,20,21). The monoisotopic (exact) mass is 316 g/mol. The van der Waals surface area contributed by atoms with E-state index in [9.17, 15) is 9.90 Å². The first-order chi connectivity index (χ1) is 10.5. The van der Waals surface area contributed by atoms with Crippen LogP contribution in [-0.4, -0.2) is 20.5 Å². The van der Waals surface area contributed by atoms with Crippen molar-refractivity contribution in [1.82, 2.24) is 9.38 Å². The van der Waals surface area contributed by atoms with Gasteiger partial charge in [-0.3, -0.25) is 4.40 Å². The largest absolute Gasteiger partial charge is 0.486 e. The van der Waals surface area contributed by atoms with E-state index in [-0.39, 0.29) is 12.3 Å². The van der Waals surface area contributed by atoms with Gasteiger partial charge >= 0.3 is 5.97 Å². The van der Waals surface area contributed by atoms with Crippen LogP contribution in [0.4, 0.5) is 0 Å². The van der Waals surface area contributed by atoms with E-state index in [1.54, 1.807) is 22.7 Å². The molecule has 2 heterocycles. The Bertz CT molecular complexity index is 840. The molecule has 0 bridgehead atoms. The van der Waals surface area contributed by atoms with Crippen LogP contribution in [0.25, 0.3) is 5.52 Å². The molecule has 3 aromatic rings. The van der Waals surface area contributed by atoms with Crippen LogP contribution < -0.4 is 4.74 Å². The Morgan fingerprint density at radius 2 is 2.05 bits per heavy atom. The number of nitrogens with zero attached hydrogens (tertiary/aromatic N) is 2. The fourth-order valence-electron chi connectivity index (χ4n) is 2.16. The molecule has 0 atom stereocenters. The van der Waals surface area contributed by atoms with Gasteiger partial charge in [0.25, 0.3) is 0 Å². The summed E-state index contributed by atoms with van der Waals surface area (Å²) >= 11 is 5.93. The zero-order chi connectivity index (χ0) is 15.7. The Kier molecular flexibility index (Phi) is 3.73. The van der Waals surface area contributed by atoms with E-state index < -0.39 is 5.97 Å². The van der Waals surface area contributed by atoms with Gasteiger partial charge < -0.3 is 9.84 Å². The molecular formula is C16H13ClN2O3. The molecule has 1 N–H and O–H groups in total. The molecule has 0 saturated heterocycles. The van der Waals surface area contributed by atoms with E-state index in [2.05, 4.69) is 4.98 Å². The zero-order valence-corrected chi connectivity index (χ0v) is 12.5. The van der Waals surface area contributed by atoms with Gasteiger partial charge in [-0.2, -0.15) is 0 Å². The van der Waals surface area contributed by atoms with Crippen LogP contribution in [0.5, 0.6) is 5.75 Å². The Morgan fingerprint density at radius 3 is 2.73 bits per heavy atom. The van der Waals surface area contributed by atoms with Crippen molar-refractivity contribution in [3.8, 4) is 5.75 Å². The highest BCUT2D eigenvalue weighted by molar-refractivity contribution is 6.31. The Hall–Kier alpha value is -2.53. The lowest BCUT2D eigenvalue weighted by atomic mass is 10.2. The van der Waals surface area contributed by atoms with E-state index in [0.29, 0.717) is 22.1 Å². The molecule has 22 heavy (non-hydrogen) atoms. The fraction of sp³-hybridized carbons (Fsp3) is 0.125. The van der Waals surface area contributed by atoms with Gasteiger partial charge in [0, 0.05) is 11.2 Å². The summed E-state index contributed by atoms with van der Waals surface area (Å²) in [6.07, 6.45) is 1.69. The number of aromatic carboxylic acids is 1. The van der Waals surface area contributed by atoms with Gasteiger partial charge in [-0.1, -0.05) is 29.3 Å². The number of pyridine rings is 1. The summed E-state index contributed by atoms with van der Waals surface area (Å²) in [5.41, 5.74) is 1.55. The first-order valence-corrected chi connectivity index (χ1v) is 7.01. The van der Waals surface area contributed by atoms with Crippen LogP contribution in [0.3, 0.4) is 0 Å². The van der Waals surface area contributed by atoms with E-state index in [4.69, 9.17) is 16.3 Å². The highest BCUT2D eigenvalue weighted by Gasteiger charge is 2.17. The van der Waals surface area contributed by atoms with Crippen LogP contribution >= 0.6 is 11.6 Å². The fourth-order valence-corrected chi connectivity index (χ4v) is 2.32. The summed E-state index contributed by atoms with van der Waals surface area (Å²) in [6, 6.07) is 10.9. The Balaban J connectivity index is 1.93. The zero-order valence-electron chi connectivity index (χ0n) is 11.8. The first-order valence-electron chi connectivity index (χ1n) is 6.64. The summed E-state index contributed by atoms with van der Waals surface area (Å²) in [5.74, 6) is 0.110.